The lowest BCUT2D eigenvalue weighted by Crippen LogP contribution is -2.24. The van der Waals surface area contributed by atoms with Crippen LogP contribution in [0.3, 0.4) is 0 Å². The molecule has 0 saturated carbocycles. The maximum Gasteiger partial charge on any atom is 0.260 e. The third kappa shape index (κ3) is 4.64. The molecular formula is C27H23N7O3S. The molecule has 0 aliphatic carbocycles. The van der Waals surface area contributed by atoms with Gasteiger partial charge in [-0.2, -0.15) is 0 Å². The number of ether oxygens (including phenoxy) is 1. The largest absolute Gasteiger partial charge is 0.364 e. The van der Waals surface area contributed by atoms with E-state index in [0.29, 0.717) is 30.3 Å². The number of aryl methyl sites for hydroxylation is 1. The van der Waals surface area contributed by atoms with Gasteiger partial charge in [0.15, 0.2) is 5.82 Å². The molecule has 0 unspecified atom stereocenters. The van der Waals surface area contributed by atoms with Gasteiger partial charge in [-0.15, -0.1) is 0 Å². The highest BCUT2D eigenvalue weighted by atomic mass is 32.2. The van der Waals surface area contributed by atoms with Crippen molar-refractivity contribution in [1.29, 1.82) is 0 Å². The number of benzene rings is 2. The molecule has 1 aliphatic heterocycles. The van der Waals surface area contributed by atoms with Crippen molar-refractivity contribution in [2.24, 2.45) is 0 Å². The van der Waals surface area contributed by atoms with Crippen molar-refractivity contribution in [2.45, 2.75) is 23.4 Å². The van der Waals surface area contributed by atoms with E-state index in [1.165, 1.54) is 6.20 Å². The average molecular weight is 526 g/mol. The minimum atomic E-state index is -0.260. The van der Waals surface area contributed by atoms with Crippen LogP contribution in [0, 0.1) is 6.92 Å². The third-order valence-electron chi connectivity index (χ3n) is 6.11. The molecular weight excluding hydrogens is 502 g/mol. The monoisotopic (exact) mass is 525 g/mol. The number of hydrogen-bond acceptors (Lipinski definition) is 9. The molecule has 1 N–H and O–H groups in total. The molecule has 0 bridgehead atoms. The predicted molar refractivity (Wildman–Crippen MR) is 143 cm³/mol. The highest BCUT2D eigenvalue weighted by Crippen LogP contribution is 2.46. The molecule has 3 aromatic heterocycles. The van der Waals surface area contributed by atoms with Gasteiger partial charge in [0.05, 0.1) is 23.9 Å². The van der Waals surface area contributed by atoms with Crippen LogP contribution in [0.15, 0.2) is 88.0 Å². The zero-order valence-electron chi connectivity index (χ0n) is 20.7. The topological polar surface area (TPSA) is 111 Å². The Labute approximate surface area is 222 Å². The van der Waals surface area contributed by atoms with E-state index < -0.39 is 0 Å². The van der Waals surface area contributed by atoms with Crippen LogP contribution in [0.2, 0.25) is 0 Å². The molecule has 0 radical (unpaired) electrons. The first-order valence-corrected chi connectivity index (χ1v) is 12.6. The second-order valence-electron chi connectivity index (χ2n) is 8.69. The van der Waals surface area contributed by atoms with Crippen molar-refractivity contribution in [3.8, 4) is 11.3 Å². The minimum Gasteiger partial charge on any atom is -0.364 e. The lowest BCUT2D eigenvalue weighted by Gasteiger charge is -2.30. The number of anilines is 3. The second-order valence-corrected chi connectivity index (χ2v) is 9.72. The lowest BCUT2D eigenvalue weighted by molar-refractivity contribution is 0.102. The van der Waals surface area contributed by atoms with E-state index in [4.69, 9.17) is 9.26 Å². The van der Waals surface area contributed by atoms with Crippen molar-refractivity contribution >= 4 is 34.9 Å². The van der Waals surface area contributed by atoms with Gasteiger partial charge >= 0.3 is 0 Å². The minimum absolute atomic E-state index is 0.260. The molecule has 38 heavy (non-hydrogen) atoms. The van der Waals surface area contributed by atoms with Crippen LogP contribution in [0.4, 0.5) is 17.2 Å². The highest BCUT2D eigenvalue weighted by molar-refractivity contribution is 7.99. The normalized spacial score (nSPS) is 12.2. The van der Waals surface area contributed by atoms with Crippen LogP contribution >= 0.6 is 11.8 Å². The van der Waals surface area contributed by atoms with E-state index in [9.17, 15) is 4.79 Å². The molecule has 1 aliphatic rings. The molecule has 2 aromatic carbocycles. The standard InChI is InChI=1S/C27H23N7O3S/c1-17-21(12-31-37-17)26(35)32-20-6-4-19(5-7-20)22-14-33(15-30-22)13-18-3-8-24-23(11-18)34(16-36-2)25-27(38-24)29-10-9-28-25/h3-12,14-15H,13,16H2,1-2H3,(H,32,35). The number of amides is 1. The molecule has 0 fully saturated rings. The molecule has 6 rings (SSSR count). The summed E-state index contributed by atoms with van der Waals surface area (Å²) in [4.78, 5) is 29.1. The zero-order chi connectivity index (χ0) is 26.1. The number of fused-ring (bicyclic) bond motifs is 2. The van der Waals surface area contributed by atoms with Crippen molar-refractivity contribution < 1.29 is 14.1 Å². The number of nitrogens with one attached hydrogen (secondary N) is 1. The smallest absolute Gasteiger partial charge is 0.260 e. The number of nitrogens with zero attached hydrogens (tertiary/aromatic N) is 6. The lowest BCUT2D eigenvalue weighted by atomic mass is 10.1. The second kappa shape index (κ2) is 10.1. The van der Waals surface area contributed by atoms with Gasteiger partial charge < -0.3 is 19.1 Å². The van der Waals surface area contributed by atoms with Gasteiger partial charge in [0.2, 0.25) is 0 Å². The molecule has 0 saturated heterocycles. The summed E-state index contributed by atoms with van der Waals surface area (Å²) >= 11 is 1.61. The van der Waals surface area contributed by atoms with Gasteiger partial charge in [-0.05, 0) is 36.8 Å². The Morgan fingerprint density at radius 3 is 2.74 bits per heavy atom. The van der Waals surface area contributed by atoms with Gasteiger partial charge in [-0.25, -0.2) is 15.0 Å². The van der Waals surface area contributed by atoms with Gasteiger partial charge in [0.1, 0.15) is 23.1 Å². The Morgan fingerprint density at radius 2 is 1.95 bits per heavy atom. The number of rotatable bonds is 7. The number of aromatic nitrogens is 5. The first kappa shape index (κ1) is 23.9. The molecule has 190 valence electrons. The summed E-state index contributed by atoms with van der Waals surface area (Å²) in [6.45, 7) is 2.74. The zero-order valence-corrected chi connectivity index (χ0v) is 21.5. The Kier molecular flexibility index (Phi) is 6.36. The number of imidazole rings is 1. The van der Waals surface area contributed by atoms with Crippen molar-refractivity contribution in [2.75, 3.05) is 24.1 Å². The predicted octanol–water partition coefficient (Wildman–Crippen LogP) is 5.14. The molecule has 5 aromatic rings. The molecule has 10 nitrogen and oxygen atoms in total. The maximum atomic E-state index is 12.4. The van der Waals surface area contributed by atoms with Crippen molar-refractivity contribution in [1.82, 2.24) is 24.7 Å². The Morgan fingerprint density at radius 1 is 1.11 bits per heavy atom. The van der Waals surface area contributed by atoms with Crippen LogP contribution in [0.5, 0.6) is 0 Å². The summed E-state index contributed by atoms with van der Waals surface area (Å²) in [5, 5.41) is 7.37. The summed E-state index contributed by atoms with van der Waals surface area (Å²) < 4.78 is 12.5. The van der Waals surface area contributed by atoms with Crippen molar-refractivity contribution in [3.05, 3.63) is 90.5 Å². The SMILES string of the molecule is COCN1c2cc(Cn3cnc(-c4ccc(NC(=O)c5cnoc5C)cc4)c3)ccc2Sc2nccnc21. The number of carbonyl (C=O) groups is 1. The van der Waals surface area contributed by atoms with Crippen LogP contribution in [0.1, 0.15) is 21.7 Å². The first-order valence-electron chi connectivity index (χ1n) is 11.8. The van der Waals surface area contributed by atoms with E-state index in [2.05, 4.69) is 43.6 Å². The molecule has 1 amide bonds. The van der Waals surface area contributed by atoms with E-state index in [1.54, 1.807) is 38.2 Å². The van der Waals surface area contributed by atoms with Crippen LogP contribution in [0.25, 0.3) is 11.3 Å². The fourth-order valence-electron chi connectivity index (χ4n) is 4.26. The van der Waals surface area contributed by atoms with Crippen LogP contribution < -0.4 is 10.2 Å². The molecule has 0 atom stereocenters. The first-order chi connectivity index (χ1) is 18.6. The van der Waals surface area contributed by atoms with Gasteiger partial charge in [0, 0.05) is 48.4 Å². The van der Waals surface area contributed by atoms with Gasteiger partial charge in [0.25, 0.3) is 5.91 Å². The van der Waals surface area contributed by atoms with Gasteiger partial charge in [-0.3, -0.25) is 9.69 Å². The Hall–Kier alpha value is -4.48. The fraction of sp³-hybridized carbons (Fsp3) is 0.148. The number of hydrogen-bond donors (Lipinski definition) is 1. The summed E-state index contributed by atoms with van der Waals surface area (Å²) in [5.41, 5.74) is 5.06. The number of methoxy groups -OCH3 is 1. The van der Waals surface area contributed by atoms with Gasteiger partial charge in [-0.1, -0.05) is 35.1 Å². The van der Waals surface area contributed by atoms with Crippen LogP contribution in [-0.4, -0.2) is 44.4 Å². The van der Waals surface area contributed by atoms with E-state index >= 15 is 0 Å². The van der Waals surface area contributed by atoms with Crippen molar-refractivity contribution in [3.63, 3.8) is 0 Å². The highest BCUT2D eigenvalue weighted by Gasteiger charge is 2.25. The van der Waals surface area contributed by atoms with E-state index in [1.807, 2.05) is 46.3 Å². The summed E-state index contributed by atoms with van der Waals surface area (Å²) in [7, 11) is 1.67. The summed E-state index contributed by atoms with van der Waals surface area (Å²) in [6, 6.07) is 13.9. The molecule has 11 heteroatoms. The average Bonchev–Trinajstić information content (AvgIpc) is 3.58. The third-order valence-corrected chi connectivity index (χ3v) is 7.16. The molecule has 4 heterocycles. The van der Waals surface area contributed by atoms with E-state index in [0.717, 1.165) is 38.2 Å². The number of carbonyl (C=O) groups excluding carboxylic acids is 1. The van der Waals surface area contributed by atoms with E-state index in [-0.39, 0.29) is 5.91 Å². The quantitative estimate of drug-likeness (QED) is 0.309. The Bertz CT molecular complexity index is 1610. The Balaban J connectivity index is 1.17. The van der Waals surface area contributed by atoms with Crippen LogP contribution in [-0.2, 0) is 11.3 Å². The molecule has 0 spiro atoms. The maximum absolute atomic E-state index is 12.4. The summed E-state index contributed by atoms with van der Waals surface area (Å²) in [5.74, 6) is 1.01. The fourth-order valence-corrected chi connectivity index (χ4v) is 5.24. The summed E-state index contributed by atoms with van der Waals surface area (Å²) in [6.07, 6.45) is 8.64.